The Morgan fingerprint density at radius 1 is 0.960 bits per heavy atom. The molecule has 0 aromatic heterocycles. The third kappa shape index (κ3) is 4.84. The second kappa shape index (κ2) is 9.03. The van der Waals surface area contributed by atoms with E-state index in [-0.39, 0.29) is 37.3 Å². The van der Waals surface area contributed by atoms with Gasteiger partial charge in [-0.3, -0.25) is 24.7 Å². The number of amides is 2. The normalized spacial score (nSPS) is 19.0. The van der Waals surface area contributed by atoms with Gasteiger partial charge in [-0.15, -0.1) is 12.4 Å². The van der Waals surface area contributed by atoms with Gasteiger partial charge < -0.3 is 10.0 Å². The summed E-state index contributed by atoms with van der Waals surface area (Å²) in [7, 11) is 0. The van der Waals surface area contributed by atoms with Gasteiger partial charge in [0.25, 0.3) is 0 Å². The molecule has 0 saturated carbocycles. The van der Waals surface area contributed by atoms with Crippen LogP contribution in [-0.4, -0.2) is 79.1 Å². The molecular formula is C17H25ClN4O3. The van der Waals surface area contributed by atoms with E-state index in [1.54, 1.807) is 6.07 Å². The van der Waals surface area contributed by atoms with Crippen LogP contribution >= 0.6 is 12.4 Å². The number of hydrogen-bond donors (Lipinski definition) is 2. The summed E-state index contributed by atoms with van der Waals surface area (Å²) in [6.07, 6.45) is 0.800. The molecule has 0 radical (unpaired) electrons. The summed E-state index contributed by atoms with van der Waals surface area (Å²) in [5.74, 6) is 0.0629. The Balaban J connectivity index is 0.00000225. The second-order valence-corrected chi connectivity index (χ2v) is 6.21. The lowest BCUT2D eigenvalue weighted by atomic mass is 10.2. The number of anilines is 1. The van der Waals surface area contributed by atoms with E-state index in [9.17, 15) is 14.7 Å². The fourth-order valence-corrected chi connectivity index (χ4v) is 3.25. The predicted octanol–water partition coefficient (Wildman–Crippen LogP) is 0.285. The standard InChI is InChI=1S/C17H24N4O3.ClH/c22-15-5-2-1-4-14(15)20-10-8-19(9-11-20)6-3-7-21-16(23)12-18-13-17(21)24;/h1-2,4-5,18,22H,3,6-13H2;1H. The van der Waals surface area contributed by atoms with Crippen molar-refractivity contribution in [3.63, 3.8) is 0 Å². The first kappa shape index (κ1) is 19.5. The highest BCUT2D eigenvalue weighted by Crippen LogP contribution is 2.27. The molecule has 0 bridgehead atoms. The van der Waals surface area contributed by atoms with Crippen molar-refractivity contribution in [3.8, 4) is 5.75 Å². The fourth-order valence-electron chi connectivity index (χ4n) is 3.25. The molecule has 7 nitrogen and oxygen atoms in total. The number of carbonyl (C=O) groups excluding carboxylic acids is 2. The average molecular weight is 369 g/mol. The van der Waals surface area contributed by atoms with Crippen LogP contribution in [0.1, 0.15) is 6.42 Å². The van der Waals surface area contributed by atoms with Crippen LogP contribution in [0.4, 0.5) is 5.69 Å². The Bertz CT molecular complexity index is 589. The van der Waals surface area contributed by atoms with E-state index in [1.165, 1.54) is 4.90 Å². The number of halogens is 1. The summed E-state index contributed by atoms with van der Waals surface area (Å²) in [5, 5.41) is 12.7. The van der Waals surface area contributed by atoms with Crippen molar-refractivity contribution < 1.29 is 14.7 Å². The summed E-state index contributed by atoms with van der Waals surface area (Å²) in [4.78, 5) is 29.3. The number of hydrogen-bond acceptors (Lipinski definition) is 6. The number of phenolic OH excluding ortho intramolecular Hbond substituents is 1. The van der Waals surface area contributed by atoms with Gasteiger partial charge >= 0.3 is 0 Å². The molecule has 1 aromatic carbocycles. The molecule has 2 saturated heterocycles. The molecule has 0 unspecified atom stereocenters. The van der Waals surface area contributed by atoms with Gasteiger partial charge in [0.1, 0.15) is 5.75 Å². The Morgan fingerprint density at radius 2 is 1.60 bits per heavy atom. The van der Waals surface area contributed by atoms with Crippen LogP contribution in [-0.2, 0) is 9.59 Å². The summed E-state index contributed by atoms with van der Waals surface area (Å²) in [6, 6.07) is 7.41. The summed E-state index contributed by atoms with van der Waals surface area (Å²) < 4.78 is 0. The van der Waals surface area contributed by atoms with Crippen LogP contribution in [0.15, 0.2) is 24.3 Å². The van der Waals surface area contributed by atoms with Crippen molar-refractivity contribution in [2.75, 3.05) is 57.3 Å². The van der Waals surface area contributed by atoms with Gasteiger partial charge in [-0.2, -0.15) is 0 Å². The predicted molar refractivity (Wildman–Crippen MR) is 98.2 cm³/mol. The summed E-state index contributed by atoms with van der Waals surface area (Å²) >= 11 is 0. The minimum atomic E-state index is -0.129. The zero-order valence-corrected chi connectivity index (χ0v) is 15.0. The van der Waals surface area contributed by atoms with Gasteiger partial charge in [0.2, 0.25) is 11.8 Å². The lowest BCUT2D eigenvalue weighted by molar-refractivity contribution is -0.146. The number of para-hydroxylation sites is 2. The number of phenols is 1. The van der Waals surface area contributed by atoms with Crippen LogP contribution in [0.2, 0.25) is 0 Å². The molecular weight excluding hydrogens is 344 g/mol. The van der Waals surface area contributed by atoms with Gasteiger partial charge in [-0.05, 0) is 25.1 Å². The first-order valence-electron chi connectivity index (χ1n) is 8.44. The molecule has 138 valence electrons. The van der Waals surface area contributed by atoms with Crippen LogP contribution in [0.5, 0.6) is 5.75 Å². The Morgan fingerprint density at radius 3 is 2.24 bits per heavy atom. The highest BCUT2D eigenvalue weighted by Gasteiger charge is 2.25. The van der Waals surface area contributed by atoms with Crippen molar-refractivity contribution in [2.24, 2.45) is 0 Å². The first-order chi connectivity index (χ1) is 11.6. The quantitative estimate of drug-likeness (QED) is 0.727. The number of rotatable bonds is 5. The van der Waals surface area contributed by atoms with Crippen LogP contribution in [0, 0.1) is 0 Å². The second-order valence-electron chi connectivity index (χ2n) is 6.21. The van der Waals surface area contributed by atoms with Crippen molar-refractivity contribution >= 4 is 29.9 Å². The highest BCUT2D eigenvalue weighted by molar-refractivity contribution is 5.99. The molecule has 0 atom stereocenters. The number of piperazine rings is 2. The number of nitrogens with zero attached hydrogens (tertiary/aromatic N) is 3. The van der Waals surface area contributed by atoms with Crippen molar-refractivity contribution in [3.05, 3.63) is 24.3 Å². The SMILES string of the molecule is Cl.O=C1CNCC(=O)N1CCCN1CCN(c2ccccc2O)CC1. The largest absolute Gasteiger partial charge is 0.506 e. The monoisotopic (exact) mass is 368 g/mol. The number of carbonyl (C=O) groups is 2. The molecule has 2 aliphatic rings. The Labute approximate surface area is 154 Å². The first-order valence-corrected chi connectivity index (χ1v) is 8.44. The fraction of sp³-hybridized carbons (Fsp3) is 0.529. The maximum atomic E-state index is 11.7. The van der Waals surface area contributed by atoms with Crippen molar-refractivity contribution in [1.82, 2.24) is 15.1 Å². The third-order valence-electron chi connectivity index (χ3n) is 4.61. The smallest absolute Gasteiger partial charge is 0.243 e. The maximum Gasteiger partial charge on any atom is 0.243 e. The Hall–Kier alpha value is -1.83. The molecule has 0 aliphatic carbocycles. The van der Waals surface area contributed by atoms with E-state index in [4.69, 9.17) is 0 Å². The maximum absolute atomic E-state index is 11.7. The number of aromatic hydroxyl groups is 1. The van der Waals surface area contributed by atoms with Crippen LogP contribution < -0.4 is 10.2 Å². The molecule has 8 heteroatoms. The molecule has 2 heterocycles. The summed E-state index contributed by atoms with van der Waals surface area (Å²) in [5.41, 5.74) is 0.883. The Kier molecular flexibility index (Phi) is 7.04. The molecule has 2 N–H and O–H groups in total. The lowest BCUT2D eigenvalue weighted by Crippen LogP contribution is -2.53. The number of imide groups is 1. The zero-order chi connectivity index (χ0) is 16.9. The minimum Gasteiger partial charge on any atom is -0.506 e. The topological polar surface area (TPSA) is 76.1 Å². The van der Waals surface area contributed by atoms with E-state index >= 15 is 0 Å². The third-order valence-corrected chi connectivity index (χ3v) is 4.61. The molecule has 3 rings (SSSR count). The van der Waals surface area contributed by atoms with Crippen molar-refractivity contribution in [1.29, 1.82) is 0 Å². The molecule has 2 amide bonds. The highest BCUT2D eigenvalue weighted by atomic mass is 35.5. The van der Waals surface area contributed by atoms with Crippen molar-refractivity contribution in [2.45, 2.75) is 6.42 Å². The van der Waals surface area contributed by atoms with Crippen LogP contribution in [0.25, 0.3) is 0 Å². The van der Waals surface area contributed by atoms with Gasteiger partial charge in [-0.25, -0.2) is 0 Å². The van der Waals surface area contributed by atoms with Gasteiger partial charge in [0, 0.05) is 32.7 Å². The van der Waals surface area contributed by atoms with E-state index < -0.39 is 0 Å². The lowest BCUT2D eigenvalue weighted by Gasteiger charge is -2.36. The van der Waals surface area contributed by atoms with Gasteiger partial charge in [0.15, 0.2) is 0 Å². The van der Waals surface area contributed by atoms with E-state index in [0.29, 0.717) is 12.3 Å². The van der Waals surface area contributed by atoms with E-state index in [2.05, 4.69) is 15.1 Å². The van der Waals surface area contributed by atoms with Crippen LogP contribution in [0.3, 0.4) is 0 Å². The molecule has 0 spiro atoms. The van der Waals surface area contributed by atoms with Gasteiger partial charge in [-0.1, -0.05) is 12.1 Å². The van der Waals surface area contributed by atoms with E-state index in [0.717, 1.165) is 44.8 Å². The average Bonchev–Trinajstić information content (AvgIpc) is 2.59. The molecule has 2 fully saturated rings. The summed E-state index contributed by atoms with van der Waals surface area (Å²) in [6.45, 7) is 5.44. The van der Waals surface area contributed by atoms with Gasteiger partial charge in [0.05, 0.1) is 18.8 Å². The zero-order valence-electron chi connectivity index (χ0n) is 14.2. The number of nitrogens with one attached hydrogen (secondary N) is 1. The molecule has 1 aromatic rings. The number of benzene rings is 1. The molecule has 25 heavy (non-hydrogen) atoms. The van der Waals surface area contributed by atoms with E-state index in [1.807, 2.05) is 18.2 Å². The molecule has 2 aliphatic heterocycles. The minimum absolute atomic E-state index is 0.